The van der Waals surface area contributed by atoms with E-state index in [2.05, 4.69) is 0 Å². The minimum Gasteiger partial charge on any atom is -0.455 e. The summed E-state index contributed by atoms with van der Waals surface area (Å²) in [6.07, 6.45) is -3.99. The van der Waals surface area contributed by atoms with Gasteiger partial charge < -0.3 is 23.7 Å². The van der Waals surface area contributed by atoms with Crippen LogP contribution in [0.1, 0.15) is 27.7 Å². The smallest absolute Gasteiger partial charge is 0.303 e. The zero-order valence-electron chi connectivity index (χ0n) is 13.5. The summed E-state index contributed by atoms with van der Waals surface area (Å²) in [7, 11) is 0. The minimum absolute atomic E-state index is 0.543. The largest absolute Gasteiger partial charge is 0.455 e. The van der Waals surface area contributed by atoms with Crippen molar-refractivity contribution in [2.45, 2.75) is 63.0 Å². The van der Waals surface area contributed by atoms with Crippen LogP contribution in [0, 0.1) is 0 Å². The van der Waals surface area contributed by atoms with Gasteiger partial charge in [0.05, 0.1) is 0 Å². The Kier molecular flexibility index (Phi) is 5.70. The molecular formula is C14H18O9S. The fourth-order valence-electron chi connectivity index (χ4n) is 2.60. The second-order valence-electron chi connectivity index (χ2n) is 5.31. The number of carbonyl (C=O) groups excluding carboxylic acids is 4. The first kappa shape index (κ1) is 18.5. The maximum absolute atomic E-state index is 11.4. The van der Waals surface area contributed by atoms with E-state index in [1.807, 2.05) is 0 Å². The lowest BCUT2D eigenvalue weighted by atomic mass is 9.99. The zero-order valence-corrected chi connectivity index (χ0v) is 14.4. The number of ether oxygens (including phenoxy) is 5. The van der Waals surface area contributed by atoms with Crippen LogP contribution in [-0.2, 0) is 42.9 Å². The van der Waals surface area contributed by atoms with Crippen LogP contribution in [0.5, 0.6) is 0 Å². The highest BCUT2D eigenvalue weighted by Crippen LogP contribution is 2.45. The highest BCUT2D eigenvalue weighted by molar-refractivity contribution is 8.00. The summed E-state index contributed by atoms with van der Waals surface area (Å²) in [5.41, 5.74) is -1.50. The number of hydrogen-bond acceptors (Lipinski definition) is 10. The van der Waals surface area contributed by atoms with Crippen LogP contribution in [0.3, 0.4) is 0 Å². The van der Waals surface area contributed by atoms with E-state index in [0.29, 0.717) is 0 Å². The van der Waals surface area contributed by atoms with E-state index in [-0.39, 0.29) is 0 Å². The molecule has 0 spiro atoms. The molecule has 9 nitrogen and oxygen atoms in total. The van der Waals surface area contributed by atoms with Crippen LogP contribution in [-0.4, -0.2) is 59.2 Å². The molecule has 0 unspecified atom stereocenters. The summed E-state index contributed by atoms with van der Waals surface area (Å²) >= 11 is 1.10. The predicted molar refractivity (Wildman–Crippen MR) is 78.5 cm³/mol. The molecule has 0 aliphatic carbocycles. The van der Waals surface area contributed by atoms with Gasteiger partial charge in [-0.15, -0.1) is 0 Å². The summed E-state index contributed by atoms with van der Waals surface area (Å²) in [5, 5.41) is 0. The zero-order chi connectivity index (χ0) is 18.0. The first-order valence-electron chi connectivity index (χ1n) is 7.19. The molecule has 0 amide bonds. The summed E-state index contributed by atoms with van der Waals surface area (Å²) < 4.78 is 26.5. The van der Waals surface area contributed by atoms with E-state index in [1.165, 1.54) is 27.7 Å². The van der Waals surface area contributed by atoms with Gasteiger partial charge in [-0.25, -0.2) is 0 Å². The number of carbonyl (C=O) groups is 4. The van der Waals surface area contributed by atoms with Crippen molar-refractivity contribution in [2.75, 3.05) is 0 Å². The Labute approximate surface area is 142 Å². The van der Waals surface area contributed by atoms with Gasteiger partial charge in [0.15, 0.2) is 23.7 Å². The number of thioether (sulfide) groups is 1. The Morgan fingerprint density at radius 2 is 1.17 bits per heavy atom. The third-order valence-electron chi connectivity index (χ3n) is 3.26. The Hall–Kier alpha value is -1.81. The third kappa shape index (κ3) is 4.18. The molecular weight excluding hydrogens is 344 g/mol. The Morgan fingerprint density at radius 1 is 0.708 bits per heavy atom. The van der Waals surface area contributed by atoms with Gasteiger partial charge in [0, 0.05) is 27.7 Å². The normalized spacial score (nSPS) is 34.2. The maximum atomic E-state index is 11.4. The van der Waals surface area contributed by atoms with Crippen LogP contribution >= 0.6 is 11.8 Å². The first-order chi connectivity index (χ1) is 11.2. The van der Waals surface area contributed by atoms with Gasteiger partial charge in [0.2, 0.25) is 0 Å². The molecule has 0 aromatic heterocycles. The van der Waals surface area contributed by atoms with Crippen molar-refractivity contribution >= 4 is 35.6 Å². The Morgan fingerprint density at radius 3 is 1.67 bits per heavy atom. The average molecular weight is 362 g/mol. The molecule has 0 saturated carbocycles. The van der Waals surface area contributed by atoms with Crippen LogP contribution in [0.15, 0.2) is 0 Å². The van der Waals surface area contributed by atoms with E-state index in [4.69, 9.17) is 23.7 Å². The summed E-state index contributed by atoms with van der Waals surface area (Å²) in [6, 6.07) is 0. The molecule has 2 rings (SSSR count). The van der Waals surface area contributed by atoms with Gasteiger partial charge in [-0.3, -0.25) is 19.2 Å². The molecule has 0 N–H and O–H groups in total. The van der Waals surface area contributed by atoms with Gasteiger partial charge >= 0.3 is 23.9 Å². The van der Waals surface area contributed by atoms with Crippen LogP contribution in [0.2, 0.25) is 0 Å². The lowest BCUT2D eigenvalue weighted by molar-refractivity contribution is -0.233. The molecule has 134 valence electrons. The fraction of sp³-hybridized carbons (Fsp3) is 0.714. The molecule has 2 fully saturated rings. The highest BCUT2D eigenvalue weighted by atomic mass is 32.2. The van der Waals surface area contributed by atoms with Crippen LogP contribution in [0.4, 0.5) is 0 Å². The summed E-state index contributed by atoms with van der Waals surface area (Å²) in [5.74, 6) is -2.43. The second kappa shape index (κ2) is 7.39. The number of hydrogen-bond donors (Lipinski definition) is 0. The van der Waals surface area contributed by atoms with Crippen molar-refractivity contribution in [3.63, 3.8) is 0 Å². The molecule has 24 heavy (non-hydrogen) atoms. The molecule has 6 atom stereocenters. The van der Waals surface area contributed by atoms with Crippen LogP contribution < -0.4 is 0 Å². The van der Waals surface area contributed by atoms with Gasteiger partial charge in [0.25, 0.3) is 0 Å². The SMILES string of the molecule is CC(=O)O[C@H]1[C@H](OC(C)=O)[C@@H]2O[C@@H](S[C@H]2OC(C)=O)[C@@H]1OC(C)=O. The standard InChI is InChI=1S/C14H18O9S/c1-5(15)19-9-10(20-6(2)16)12-13(22-8(4)18)24-14(23-12)11(9)21-7(3)17/h9-14H,1-4H3/t9-,10-,11+,12-,13+,14-/m0/s1. The van der Waals surface area contributed by atoms with E-state index < -0.39 is 59.2 Å². The van der Waals surface area contributed by atoms with Crippen molar-refractivity contribution in [3.8, 4) is 0 Å². The van der Waals surface area contributed by atoms with Crippen molar-refractivity contribution in [1.29, 1.82) is 0 Å². The third-order valence-corrected chi connectivity index (χ3v) is 4.54. The van der Waals surface area contributed by atoms with Crippen molar-refractivity contribution < 1.29 is 42.9 Å². The summed E-state index contributed by atoms with van der Waals surface area (Å²) in [6.45, 7) is 4.79. The van der Waals surface area contributed by atoms with Gasteiger partial charge in [0.1, 0.15) is 11.5 Å². The lowest BCUT2D eigenvalue weighted by Gasteiger charge is -2.39. The Balaban J connectivity index is 2.34. The topological polar surface area (TPSA) is 114 Å². The van der Waals surface area contributed by atoms with E-state index in [0.717, 1.165) is 11.8 Å². The molecule has 10 heteroatoms. The number of esters is 4. The molecule has 0 radical (unpaired) electrons. The monoisotopic (exact) mass is 362 g/mol. The van der Waals surface area contributed by atoms with Gasteiger partial charge in [-0.2, -0.15) is 0 Å². The van der Waals surface area contributed by atoms with E-state index >= 15 is 0 Å². The van der Waals surface area contributed by atoms with Crippen LogP contribution in [0.25, 0.3) is 0 Å². The van der Waals surface area contributed by atoms with Crippen molar-refractivity contribution in [2.24, 2.45) is 0 Å². The van der Waals surface area contributed by atoms with Crippen molar-refractivity contribution in [3.05, 3.63) is 0 Å². The predicted octanol–water partition coefficient (Wildman–Crippen LogP) is 0.142. The van der Waals surface area contributed by atoms with E-state index in [9.17, 15) is 19.2 Å². The maximum Gasteiger partial charge on any atom is 0.303 e. The van der Waals surface area contributed by atoms with Gasteiger partial charge in [-0.1, -0.05) is 11.8 Å². The molecule has 0 aromatic carbocycles. The molecule has 2 aliphatic heterocycles. The van der Waals surface area contributed by atoms with E-state index in [1.54, 1.807) is 0 Å². The molecule has 0 aromatic rings. The van der Waals surface area contributed by atoms with Crippen molar-refractivity contribution in [1.82, 2.24) is 0 Å². The molecule has 2 saturated heterocycles. The molecule has 2 heterocycles. The molecule has 2 bridgehead atoms. The first-order valence-corrected chi connectivity index (χ1v) is 8.13. The Bertz CT molecular complexity index is 548. The minimum atomic E-state index is -1.08. The fourth-order valence-corrected chi connectivity index (χ4v) is 3.99. The quantitative estimate of drug-likeness (QED) is 0.505. The second-order valence-corrected chi connectivity index (χ2v) is 6.51. The highest BCUT2D eigenvalue weighted by Gasteiger charge is 2.60. The van der Waals surface area contributed by atoms with Gasteiger partial charge in [-0.05, 0) is 0 Å². The number of rotatable bonds is 4. The average Bonchev–Trinajstić information content (AvgIpc) is 2.77. The molecule has 2 aliphatic rings. The lowest BCUT2D eigenvalue weighted by Crippen LogP contribution is -2.58. The summed E-state index contributed by atoms with van der Waals surface area (Å²) in [4.78, 5) is 45.5. The number of fused-ring (bicyclic) bond motifs is 2.